The number of benzene rings is 2. The molecule has 0 amide bonds. The molecule has 0 heterocycles. The quantitative estimate of drug-likeness (QED) is 0.375. The highest BCUT2D eigenvalue weighted by Gasteiger charge is 2.29. The van der Waals surface area contributed by atoms with Crippen LogP contribution < -0.4 is 0 Å². The Labute approximate surface area is 191 Å². The fourth-order valence-electron chi connectivity index (χ4n) is 3.88. The van der Waals surface area contributed by atoms with E-state index in [2.05, 4.69) is 116 Å². The molecule has 0 fully saturated rings. The Balaban J connectivity index is 2.12. The van der Waals surface area contributed by atoms with Crippen LogP contribution in [0.3, 0.4) is 0 Å². The van der Waals surface area contributed by atoms with Gasteiger partial charge in [0.15, 0.2) is 0 Å². The fourth-order valence-corrected chi connectivity index (χ4v) is 3.88. The van der Waals surface area contributed by atoms with Crippen LogP contribution in [0.15, 0.2) is 60.7 Å². The monoisotopic (exact) mass is 418 g/mol. The van der Waals surface area contributed by atoms with Crippen LogP contribution in [0.25, 0.3) is 11.1 Å². The molecular formula is C30H42O. The van der Waals surface area contributed by atoms with Crippen molar-refractivity contribution < 1.29 is 4.74 Å². The van der Waals surface area contributed by atoms with Crippen LogP contribution in [0.4, 0.5) is 0 Å². The molecule has 0 spiro atoms. The number of allylic oxidation sites excluding steroid dienone is 4. The summed E-state index contributed by atoms with van der Waals surface area (Å²) in [5.41, 5.74) is 7.96. The first-order valence-corrected chi connectivity index (χ1v) is 11.8. The summed E-state index contributed by atoms with van der Waals surface area (Å²) in [5.74, 6) is 0. The van der Waals surface area contributed by atoms with Gasteiger partial charge in [0.25, 0.3) is 0 Å². The van der Waals surface area contributed by atoms with E-state index in [0.29, 0.717) is 0 Å². The van der Waals surface area contributed by atoms with Gasteiger partial charge in [0.2, 0.25) is 0 Å². The van der Waals surface area contributed by atoms with Gasteiger partial charge in [0.05, 0.1) is 13.2 Å². The number of ether oxygens (including phenoxy) is 1. The first-order chi connectivity index (χ1) is 14.7. The Bertz CT molecular complexity index is 810. The highest BCUT2D eigenvalue weighted by atomic mass is 16.5. The van der Waals surface area contributed by atoms with Crippen LogP contribution in [0.2, 0.25) is 0 Å². The maximum absolute atomic E-state index is 6.43. The molecule has 0 bridgehead atoms. The largest absolute Gasteiger partial charge is 0.380 e. The van der Waals surface area contributed by atoms with E-state index >= 15 is 0 Å². The summed E-state index contributed by atoms with van der Waals surface area (Å²) in [6, 6.07) is 18.1. The number of hydrogen-bond donors (Lipinski definition) is 0. The van der Waals surface area contributed by atoms with Gasteiger partial charge in [-0.3, -0.25) is 0 Å². The lowest BCUT2D eigenvalue weighted by Gasteiger charge is -2.33. The minimum absolute atomic E-state index is 0.0178. The van der Waals surface area contributed by atoms with E-state index in [9.17, 15) is 0 Å². The van der Waals surface area contributed by atoms with Crippen molar-refractivity contribution in [2.75, 3.05) is 13.2 Å². The Morgan fingerprint density at radius 2 is 1.00 bits per heavy atom. The van der Waals surface area contributed by atoms with Gasteiger partial charge in [-0.25, -0.2) is 0 Å². The third-order valence-corrected chi connectivity index (χ3v) is 7.34. The van der Waals surface area contributed by atoms with Gasteiger partial charge in [-0.05, 0) is 73.9 Å². The van der Waals surface area contributed by atoms with Crippen LogP contribution in [-0.4, -0.2) is 13.2 Å². The van der Waals surface area contributed by atoms with E-state index in [1.807, 2.05) is 0 Å². The molecule has 1 heteroatoms. The van der Waals surface area contributed by atoms with Crippen molar-refractivity contribution in [3.8, 4) is 0 Å². The molecule has 0 saturated heterocycles. The van der Waals surface area contributed by atoms with Gasteiger partial charge in [0.1, 0.15) is 0 Å². The maximum atomic E-state index is 6.43. The molecule has 2 aromatic rings. The van der Waals surface area contributed by atoms with E-state index in [1.54, 1.807) is 0 Å². The van der Waals surface area contributed by atoms with Crippen LogP contribution >= 0.6 is 0 Å². The summed E-state index contributed by atoms with van der Waals surface area (Å²) < 4.78 is 6.43. The SMILES string of the molecule is CC=C(C)c1ccc(C(C)(CC)COCC(C)(CC)c2ccc(C(C)=CC)cc2)cc1. The van der Waals surface area contributed by atoms with Crippen LogP contribution in [0.1, 0.15) is 90.5 Å². The van der Waals surface area contributed by atoms with E-state index < -0.39 is 0 Å². The summed E-state index contributed by atoms with van der Waals surface area (Å²) in [4.78, 5) is 0. The number of hydrogen-bond acceptors (Lipinski definition) is 1. The van der Waals surface area contributed by atoms with Gasteiger partial charge in [-0.2, -0.15) is 0 Å². The van der Waals surface area contributed by atoms with Gasteiger partial charge in [0, 0.05) is 10.8 Å². The average molecular weight is 419 g/mol. The van der Waals surface area contributed by atoms with Crippen LogP contribution in [0.5, 0.6) is 0 Å². The smallest absolute Gasteiger partial charge is 0.0560 e. The first-order valence-electron chi connectivity index (χ1n) is 11.8. The molecule has 0 radical (unpaired) electrons. The Hall–Kier alpha value is -2.12. The van der Waals surface area contributed by atoms with E-state index in [4.69, 9.17) is 4.74 Å². The summed E-state index contributed by atoms with van der Waals surface area (Å²) in [6.07, 6.45) is 6.43. The second-order valence-corrected chi connectivity index (χ2v) is 9.42. The van der Waals surface area contributed by atoms with Crippen molar-refractivity contribution >= 4 is 11.1 Å². The topological polar surface area (TPSA) is 9.23 Å². The molecule has 2 unspecified atom stereocenters. The standard InChI is InChI=1S/C30H42O/c1-9-23(5)25-13-17-27(18-14-25)29(7,11-3)21-31-22-30(8,12-4)28-19-15-26(16-20-28)24(6)10-2/h9-10,13-20H,11-12,21-22H2,1-8H3. The molecule has 31 heavy (non-hydrogen) atoms. The summed E-state index contributed by atoms with van der Waals surface area (Å²) in [6.45, 7) is 19.1. The molecule has 168 valence electrons. The second kappa shape index (κ2) is 11.0. The van der Waals surface area contributed by atoms with Gasteiger partial charge >= 0.3 is 0 Å². The lowest BCUT2D eigenvalue weighted by molar-refractivity contribution is 0.0510. The summed E-state index contributed by atoms with van der Waals surface area (Å²) in [7, 11) is 0. The van der Waals surface area contributed by atoms with E-state index in [-0.39, 0.29) is 10.8 Å². The lowest BCUT2D eigenvalue weighted by Crippen LogP contribution is -2.33. The van der Waals surface area contributed by atoms with Crippen molar-refractivity contribution in [3.05, 3.63) is 82.9 Å². The molecule has 0 aliphatic rings. The molecule has 0 aliphatic carbocycles. The Morgan fingerprint density at radius 3 is 1.26 bits per heavy atom. The zero-order valence-corrected chi connectivity index (χ0v) is 21.0. The average Bonchev–Trinajstić information content (AvgIpc) is 2.82. The highest BCUT2D eigenvalue weighted by molar-refractivity contribution is 5.64. The highest BCUT2D eigenvalue weighted by Crippen LogP contribution is 2.33. The zero-order chi connectivity index (χ0) is 23.1. The lowest BCUT2D eigenvalue weighted by atomic mass is 9.79. The fraction of sp³-hybridized carbons (Fsp3) is 0.467. The van der Waals surface area contributed by atoms with Crippen LogP contribution in [0, 0.1) is 0 Å². The summed E-state index contributed by atoms with van der Waals surface area (Å²) >= 11 is 0. The zero-order valence-electron chi connectivity index (χ0n) is 21.0. The molecule has 2 aromatic carbocycles. The molecule has 2 atom stereocenters. The van der Waals surface area contributed by atoms with Crippen molar-refractivity contribution in [2.45, 2.75) is 79.1 Å². The first kappa shape index (κ1) is 25.1. The van der Waals surface area contributed by atoms with Gasteiger partial charge in [-0.15, -0.1) is 0 Å². The predicted octanol–water partition coefficient (Wildman–Crippen LogP) is 8.59. The maximum Gasteiger partial charge on any atom is 0.0560 e. The van der Waals surface area contributed by atoms with Crippen molar-refractivity contribution in [1.82, 2.24) is 0 Å². The van der Waals surface area contributed by atoms with Crippen molar-refractivity contribution in [3.63, 3.8) is 0 Å². The molecule has 1 nitrogen and oxygen atoms in total. The third kappa shape index (κ3) is 5.98. The minimum Gasteiger partial charge on any atom is -0.380 e. The van der Waals surface area contributed by atoms with Gasteiger partial charge < -0.3 is 4.74 Å². The predicted molar refractivity (Wildman–Crippen MR) is 138 cm³/mol. The van der Waals surface area contributed by atoms with E-state index in [1.165, 1.54) is 33.4 Å². The van der Waals surface area contributed by atoms with Crippen molar-refractivity contribution in [2.24, 2.45) is 0 Å². The second-order valence-electron chi connectivity index (χ2n) is 9.42. The molecule has 0 aliphatic heterocycles. The van der Waals surface area contributed by atoms with Gasteiger partial charge in [-0.1, -0.05) is 88.4 Å². The molecule has 2 rings (SSSR count). The molecular weight excluding hydrogens is 376 g/mol. The normalized spacial score (nSPS) is 16.6. The van der Waals surface area contributed by atoms with E-state index in [0.717, 1.165) is 26.1 Å². The minimum atomic E-state index is 0.0178. The Kier molecular flexibility index (Phi) is 8.89. The molecule has 0 N–H and O–H groups in total. The van der Waals surface area contributed by atoms with Crippen molar-refractivity contribution in [1.29, 1.82) is 0 Å². The van der Waals surface area contributed by atoms with Crippen LogP contribution in [-0.2, 0) is 15.6 Å². The third-order valence-electron chi connectivity index (χ3n) is 7.34. The Morgan fingerprint density at radius 1 is 0.677 bits per heavy atom. The molecule has 0 aromatic heterocycles. The summed E-state index contributed by atoms with van der Waals surface area (Å²) in [5, 5.41) is 0. The molecule has 0 saturated carbocycles. The number of rotatable bonds is 10.